The van der Waals surface area contributed by atoms with E-state index in [4.69, 9.17) is 0 Å². The van der Waals surface area contributed by atoms with Crippen LogP contribution >= 0.6 is 0 Å². The molecule has 0 fully saturated rings. The van der Waals surface area contributed by atoms with Gasteiger partial charge in [0.05, 0.1) is 0 Å². The highest BCUT2D eigenvalue weighted by molar-refractivity contribution is 4.79. The standard InChI is InChI=1S/C17H37N/c1-9-14(5)17(12-18(7)8)16(10-2)15(6)11-13(3)4/h13-17H,9-12H2,1-8H3/t14-,15+,16+,17-/m1/s1. The number of rotatable bonds is 9. The van der Waals surface area contributed by atoms with Crippen molar-refractivity contribution < 1.29 is 0 Å². The fraction of sp³-hybridized carbons (Fsp3) is 1.00. The van der Waals surface area contributed by atoms with Gasteiger partial charge in [0.2, 0.25) is 0 Å². The van der Waals surface area contributed by atoms with Crippen molar-refractivity contribution in [3.8, 4) is 0 Å². The molecule has 0 aromatic carbocycles. The van der Waals surface area contributed by atoms with Crippen LogP contribution in [0.15, 0.2) is 0 Å². The summed E-state index contributed by atoms with van der Waals surface area (Å²) in [5, 5.41) is 0. The molecule has 0 heterocycles. The van der Waals surface area contributed by atoms with Crippen molar-refractivity contribution in [2.45, 2.75) is 60.8 Å². The maximum absolute atomic E-state index is 2.47. The Bertz CT molecular complexity index is 198. The van der Waals surface area contributed by atoms with Gasteiger partial charge >= 0.3 is 0 Å². The lowest BCUT2D eigenvalue weighted by Crippen LogP contribution is -2.35. The largest absolute Gasteiger partial charge is 0.309 e. The summed E-state index contributed by atoms with van der Waals surface area (Å²) in [4.78, 5) is 2.38. The Kier molecular flexibility index (Phi) is 8.94. The van der Waals surface area contributed by atoms with Crippen LogP contribution in [0.2, 0.25) is 0 Å². The molecule has 0 saturated heterocycles. The molecule has 18 heavy (non-hydrogen) atoms. The molecule has 0 unspecified atom stereocenters. The quantitative estimate of drug-likeness (QED) is 0.565. The summed E-state index contributed by atoms with van der Waals surface area (Å²) >= 11 is 0. The van der Waals surface area contributed by atoms with Crippen molar-refractivity contribution in [1.82, 2.24) is 4.90 Å². The van der Waals surface area contributed by atoms with E-state index in [9.17, 15) is 0 Å². The zero-order valence-electron chi connectivity index (χ0n) is 14.2. The van der Waals surface area contributed by atoms with Gasteiger partial charge in [0.25, 0.3) is 0 Å². The molecule has 0 amide bonds. The van der Waals surface area contributed by atoms with Gasteiger partial charge in [0, 0.05) is 6.54 Å². The molecule has 0 radical (unpaired) electrons. The normalized spacial score (nSPS) is 19.0. The maximum atomic E-state index is 2.47. The summed E-state index contributed by atoms with van der Waals surface area (Å²) in [5.74, 6) is 4.25. The Morgan fingerprint density at radius 2 is 1.33 bits per heavy atom. The molecule has 0 saturated carbocycles. The van der Waals surface area contributed by atoms with Gasteiger partial charge in [-0.15, -0.1) is 0 Å². The van der Waals surface area contributed by atoms with Gasteiger partial charge in [0.1, 0.15) is 0 Å². The average molecular weight is 255 g/mol. The predicted molar refractivity (Wildman–Crippen MR) is 83.9 cm³/mol. The zero-order valence-corrected chi connectivity index (χ0v) is 14.2. The van der Waals surface area contributed by atoms with E-state index in [2.05, 4.69) is 60.5 Å². The summed E-state index contributed by atoms with van der Waals surface area (Å²) in [6.07, 6.45) is 4.01. The van der Waals surface area contributed by atoms with Crippen LogP contribution in [-0.4, -0.2) is 25.5 Å². The Hall–Kier alpha value is -0.0400. The van der Waals surface area contributed by atoms with E-state index in [1.807, 2.05) is 0 Å². The highest BCUT2D eigenvalue weighted by atomic mass is 15.1. The molecule has 0 rings (SSSR count). The maximum Gasteiger partial charge on any atom is 0.000885 e. The highest BCUT2D eigenvalue weighted by Crippen LogP contribution is 2.35. The zero-order chi connectivity index (χ0) is 14.3. The smallest absolute Gasteiger partial charge is 0.000885 e. The number of nitrogens with zero attached hydrogens (tertiary/aromatic N) is 1. The fourth-order valence-corrected chi connectivity index (χ4v) is 3.51. The minimum absolute atomic E-state index is 0.825. The van der Waals surface area contributed by atoms with Gasteiger partial charge in [-0.1, -0.05) is 54.4 Å². The predicted octanol–water partition coefficient (Wildman–Crippen LogP) is 4.92. The molecule has 1 nitrogen and oxygen atoms in total. The van der Waals surface area contributed by atoms with E-state index in [1.54, 1.807) is 0 Å². The van der Waals surface area contributed by atoms with E-state index >= 15 is 0 Å². The fourth-order valence-electron chi connectivity index (χ4n) is 3.51. The Morgan fingerprint density at radius 3 is 1.67 bits per heavy atom. The lowest BCUT2D eigenvalue weighted by Gasteiger charge is -2.37. The Morgan fingerprint density at radius 1 is 0.778 bits per heavy atom. The third-order valence-electron chi connectivity index (χ3n) is 4.55. The second-order valence-electron chi connectivity index (χ2n) is 6.99. The topological polar surface area (TPSA) is 3.24 Å². The third kappa shape index (κ3) is 6.22. The van der Waals surface area contributed by atoms with E-state index in [-0.39, 0.29) is 0 Å². The number of hydrogen-bond donors (Lipinski definition) is 0. The summed E-state index contributed by atoms with van der Waals surface area (Å²) < 4.78 is 0. The van der Waals surface area contributed by atoms with Crippen molar-refractivity contribution >= 4 is 0 Å². The SMILES string of the molecule is CC[C@H]([C@H](CN(C)C)[C@H](C)CC)[C@@H](C)CC(C)C. The van der Waals surface area contributed by atoms with Crippen LogP contribution in [0, 0.1) is 29.6 Å². The first-order chi connectivity index (χ1) is 8.33. The molecule has 0 aliphatic heterocycles. The van der Waals surface area contributed by atoms with Crippen LogP contribution in [0.1, 0.15) is 60.8 Å². The van der Waals surface area contributed by atoms with Gasteiger partial charge in [-0.2, -0.15) is 0 Å². The highest BCUT2D eigenvalue weighted by Gasteiger charge is 2.29. The monoisotopic (exact) mass is 255 g/mol. The van der Waals surface area contributed by atoms with Gasteiger partial charge < -0.3 is 4.90 Å². The van der Waals surface area contributed by atoms with Gasteiger partial charge in [0.15, 0.2) is 0 Å². The summed E-state index contributed by atoms with van der Waals surface area (Å²) in [6, 6.07) is 0. The van der Waals surface area contributed by atoms with E-state index in [0.29, 0.717) is 0 Å². The molecule has 0 aromatic rings. The first kappa shape index (κ1) is 18.0. The minimum Gasteiger partial charge on any atom is -0.309 e. The molecule has 1 heteroatoms. The lowest BCUT2D eigenvalue weighted by molar-refractivity contribution is 0.121. The van der Waals surface area contributed by atoms with Crippen LogP contribution < -0.4 is 0 Å². The molecular formula is C17H37N. The van der Waals surface area contributed by atoms with Crippen molar-refractivity contribution in [3.05, 3.63) is 0 Å². The number of hydrogen-bond acceptors (Lipinski definition) is 1. The van der Waals surface area contributed by atoms with Crippen molar-refractivity contribution in [2.75, 3.05) is 20.6 Å². The van der Waals surface area contributed by atoms with Crippen molar-refractivity contribution in [1.29, 1.82) is 0 Å². The van der Waals surface area contributed by atoms with Crippen LogP contribution in [0.3, 0.4) is 0 Å². The van der Waals surface area contributed by atoms with E-state index < -0.39 is 0 Å². The van der Waals surface area contributed by atoms with Crippen LogP contribution in [-0.2, 0) is 0 Å². The van der Waals surface area contributed by atoms with E-state index in [0.717, 1.165) is 29.6 Å². The molecule has 0 N–H and O–H groups in total. The van der Waals surface area contributed by atoms with Gasteiger partial charge in [-0.3, -0.25) is 0 Å². The second kappa shape index (κ2) is 8.96. The minimum atomic E-state index is 0.825. The average Bonchev–Trinajstić information content (AvgIpc) is 2.26. The molecule has 0 aliphatic rings. The molecule has 110 valence electrons. The summed E-state index contributed by atoms with van der Waals surface area (Å²) in [5.41, 5.74) is 0. The first-order valence-corrected chi connectivity index (χ1v) is 7.98. The Labute approximate surface area is 116 Å². The lowest BCUT2D eigenvalue weighted by atomic mass is 9.71. The van der Waals surface area contributed by atoms with Gasteiger partial charge in [-0.05, 0) is 50.1 Å². The third-order valence-corrected chi connectivity index (χ3v) is 4.55. The Balaban J connectivity index is 4.78. The van der Waals surface area contributed by atoms with Gasteiger partial charge in [-0.25, -0.2) is 0 Å². The van der Waals surface area contributed by atoms with Crippen molar-refractivity contribution in [2.24, 2.45) is 29.6 Å². The molecule has 0 bridgehead atoms. The van der Waals surface area contributed by atoms with Crippen LogP contribution in [0.5, 0.6) is 0 Å². The van der Waals surface area contributed by atoms with Crippen LogP contribution in [0.4, 0.5) is 0 Å². The molecule has 0 aliphatic carbocycles. The van der Waals surface area contributed by atoms with Crippen LogP contribution in [0.25, 0.3) is 0 Å². The molecular weight excluding hydrogens is 218 g/mol. The van der Waals surface area contributed by atoms with Crippen molar-refractivity contribution in [3.63, 3.8) is 0 Å². The second-order valence-corrected chi connectivity index (χ2v) is 6.99. The van der Waals surface area contributed by atoms with E-state index in [1.165, 1.54) is 25.8 Å². The first-order valence-electron chi connectivity index (χ1n) is 7.98. The molecule has 0 aromatic heterocycles. The summed E-state index contributed by atoms with van der Waals surface area (Å²) in [7, 11) is 4.43. The molecule has 4 atom stereocenters. The molecule has 0 spiro atoms. The summed E-state index contributed by atoms with van der Waals surface area (Å²) in [6.45, 7) is 15.6.